The largest absolute Gasteiger partial charge is 0.303 e. The number of fused-ring (bicyclic) bond motifs is 2. The maximum atomic E-state index is 2.56. The minimum atomic E-state index is 0. The van der Waals surface area contributed by atoms with Crippen molar-refractivity contribution in [3.05, 3.63) is 0 Å². The first-order valence-electron chi connectivity index (χ1n) is 3.17. The van der Waals surface area contributed by atoms with Gasteiger partial charge in [0.15, 0.2) is 0 Å². The van der Waals surface area contributed by atoms with Gasteiger partial charge in [-0.25, -0.2) is 0 Å². The third-order valence-electron chi connectivity index (χ3n) is 2.22. The van der Waals surface area contributed by atoms with E-state index in [1.54, 1.807) is 0 Å². The second-order valence-corrected chi connectivity index (χ2v) is 2.74. The van der Waals surface area contributed by atoms with E-state index in [1.807, 2.05) is 0 Å². The minimum Gasteiger partial charge on any atom is -0.303 e. The van der Waals surface area contributed by atoms with E-state index in [-0.39, 0.29) is 24.0 Å². The molecule has 0 aromatic heterocycles. The van der Waals surface area contributed by atoms with Crippen LogP contribution in [0.1, 0.15) is 12.8 Å². The molecular weight excluding hydrogens is 213 g/mol. The molecule has 2 fully saturated rings. The molecule has 0 saturated carbocycles. The molecule has 2 heterocycles. The van der Waals surface area contributed by atoms with Crippen LogP contribution in [0.3, 0.4) is 0 Å². The van der Waals surface area contributed by atoms with Crippen LogP contribution in [0.15, 0.2) is 0 Å². The van der Waals surface area contributed by atoms with E-state index in [1.165, 1.54) is 32.5 Å². The maximum absolute atomic E-state index is 2.56. The van der Waals surface area contributed by atoms with Gasteiger partial charge in [-0.15, -0.1) is 24.0 Å². The Bertz CT molecular complexity index is 66.6. The van der Waals surface area contributed by atoms with E-state index in [0.29, 0.717) is 0 Å². The standard InChI is InChI=1S/C6H11N.HI/c1-3-7-4-2-6(1)5-7;/h6H,1-5H2;1H. The average molecular weight is 225 g/mol. The molecule has 0 N–H and O–H groups in total. The van der Waals surface area contributed by atoms with Crippen molar-refractivity contribution in [1.82, 2.24) is 4.90 Å². The van der Waals surface area contributed by atoms with Gasteiger partial charge in [-0.2, -0.15) is 0 Å². The zero-order valence-electron chi connectivity index (χ0n) is 4.97. The van der Waals surface area contributed by atoms with Gasteiger partial charge >= 0.3 is 0 Å². The molecule has 2 rings (SSSR count). The Balaban J connectivity index is 0.000000320. The van der Waals surface area contributed by atoms with Gasteiger partial charge in [-0.3, -0.25) is 0 Å². The lowest BCUT2D eigenvalue weighted by atomic mass is 10.1. The smallest absolute Gasteiger partial charge is 0.00106 e. The van der Waals surface area contributed by atoms with Gasteiger partial charge in [0, 0.05) is 6.54 Å². The van der Waals surface area contributed by atoms with Crippen LogP contribution < -0.4 is 0 Å². The van der Waals surface area contributed by atoms with Crippen molar-refractivity contribution in [2.75, 3.05) is 19.6 Å². The minimum absolute atomic E-state index is 0. The summed E-state index contributed by atoms with van der Waals surface area (Å²) in [6.45, 7) is 4.20. The molecule has 0 aromatic carbocycles. The highest BCUT2D eigenvalue weighted by molar-refractivity contribution is 14.0. The summed E-state index contributed by atoms with van der Waals surface area (Å²) in [4.78, 5) is 2.56. The van der Waals surface area contributed by atoms with Crippen molar-refractivity contribution in [3.63, 3.8) is 0 Å². The van der Waals surface area contributed by atoms with E-state index < -0.39 is 0 Å². The second-order valence-electron chi connectivity index (χ2n) is 2.74. The van der Waals surface area contributed by atoms with Gasteiger partial charge < -0.3 is 4.90 Å². The Morgan fingerprint density at radius 2 is 1.75 bits per heavy atom. The highest BCUT2D eigenvalue weighted by atomic mass is 127. The third-order valence-corrected chi connectivity index (χ3v) is 2.22. The number of rotatable bonds is 0. The Morgan fingerprint density at radius 3 is 1.88 bits per heavy atom. The molecule has 2 aliphatic rings. The summed E-state index contributed by atoms with van der Waals surface area (Å²) in [5.41, 5.74) is 0. The molecule has 0 amide bonds. The van der Waals surface area contributed by atoms with Crippen molar-refractivity contribution >= 4 is 24.0 Å². The SMILES string of the molecule is C1CN2CCC1C2.I. The molecule has 0 aliphatic carbocycles. The summed E-state index contributed by atoms with van der Waals surface area (Å²) in [6.07, 6.45) is 2.97. The average Bonchev–Trinajstić information content (AvgIpc) is 2.22. The van der Waals surface area contributed by atoms with Crippen LogP contribution in [-0.4, -0.2) is 24.5 Å². The number of piperidine rings is 1. The molecule has 2 bridgehead atoms. The van der Waals surface area contributed by atoms with Crippen LogP contribution in [0.2, 0.25) is 0 Å². The van der Waals surface area contributed by atoms with Crippen LogP contribution >= 0.6 is 24.0 Å². The van der Waals surface area contributed by atoms with Crippen LogP contribution in [0.25, 0.3) is 0 Å². The van der Waals surface area contributed by atoms with Crippen LogP contribution in [0.5, 0.6) is 0 Å². The lowest BCUT2D eigenvalue weighted by Gasteiger charge is -2.09. The van der Waals surface area contributed by atoms with Gasteiger partial charge in [0.2, 0.25) is 0 Å². The van der Waals surface area contributed by atoms with E-state index in [4.69, 9.17) is 0 Å². The van der Waals surface area contributed by atoms with Gasteiger partial charge in [0.1, 0.15) is 0 Å². The first-order valence-corrected chi connectivity index (χ1v) is 3.17. The van der Waals surface area contributed by atoms with Crippen molar-refractivity contribution in [2.24, 2.45) is 5.92 Å². The van der Waals surface area contributed by atoms with Gasteiger partial charge in [0.25, 0.3) is 0 Å². The fourth-order valence-corrected chi connectivity index (χ4v) is 1.72. The molecule has 1 nitrogen and oxygen atoms in total. The number of hydrogen-bond donors (Lipinski definition) is 0. The van der Waals surface area contributed by atoms with Gasteiger partial charge in [-0.05, 0) is 31.8 Å². The Hall–Kier alpha value is 0.690. The molecule has 0 spiro atoms. The van der Waals surface area contributed by atoms with Crippen molar-refractivity contribution in [3.8, 4) is 0 Å². The Labute approximate surface area is 67.5 Å². The summed E-state index contributed by atoms with van der Waals surface area (Å²) in [7, 11) is 0. The van der Waals surface area contributed by atoms with E-state index in [2.05, 4.69) is 4.90 Å². The first kappa shape index (κ1) is 6.81. The molecule has 2 heteroatoms. The first-order chi connectivity index (χ1) is 3.45. The zero-order valence-corrected chi connectivity index (χ0v) is 7.30. The van der Waals surface area contributed by atoms with Crippen molar-refractivity contribution in [1.29, 1.82) is 0 Å². The summed E-state index contributed by atoms with van der Waals surface area (Å²) in [5, 5.41) is 0. The predicted octanol–water partition coefficient (Wildman–Crippen LogP) is 1.33. The summed E-state index contributed by atoms with van der Waals surface area (Å²) < 4.78 is 0. The third kappa shape index (κ3) is 1.00. The van der Waals surface area contributed by atoms with Crippen molar-refractivity contribution < 1.29 is 0 Å². The van der Waals surface area contributed by atoms with E-state index in [9.17, 15) is 0 Å². The van der Waals surface area contributed by atoms with Gasteiger partial charge in [0.05, 0.1) is 0 Å². The lowest BCUT2D eigenvalue weighted by Crippen LogP contribution is -2.15. The molecule has 0 atom stereocenters. The fourth-order valence-electron chi connectivity index (χ4n) is 1.72. The Morgan fingerprint density at radius 1 is 1.12 bits per heavy atom. The molecule has 0 radical (unpaired) electrons. The van der Waals surface area contributed by atoms with Gasteiger partial charge in [-0.1, -0.05) is 0 Å². The van der Waals surface area contributed by atoms with Crippen LogP contribution in [0.4, 0.5) is 0 Å². The topological polar surface area (TPSA) is 3.24 Å². The highest BCUT2D eigenvalue weighted by Gasteiger charge is 2.28. The summed E-state index contributed by atoms with van der Waals surface area (Å²) in [6, 6.07) is 0. The van der Waals surface area contributed by atoms with Crippen LogP contribution in [-0.2, 0) is 0 Å². The number of nitrogens with zero attached hydrogens (tertiary/aromatic N) is 1. The number of halogens is 1. The molecule has 48 valence electrons. The monoisotopic (exact) mass is 225 g/mol. The van der Waals surface area contributed by atoms with Crippen molar-refractivity contribution in [2.45, 2.75) is 12.8 Å². The van der Waals surface area contributed by atoms with Crippen LogP contribution in [0, 0.1) is 5.92 Å². The zero-order chi connectivity index (χ0) is 4.69. The summed E-state index contributed by atoms with van der Waals surface area (Å²) in [5.74, 6) is 1.10. The maximum Gasteiger partial charge on any atom is 0.00106 e. The predicted molar refractivity (Wildman–Crippen MR) is 44.6 cm³/mol. The number of hydrogen-bond acceptors (Lipinski definition) is 1. The summed E-state index contributed by atoms with van der Waals surface area (Å²) >= 11 is 0. The Kier molecular flexibility index (Phi) is 2.14. The van der Waals surface area contributed by atoms with E-state index >= 15 is 0 Å². The lowest BCUT2D eigenvalue weighted by molar-refractivity contribution is 0.368. The van der Waals surface area contributed by atoms with E-state index in [0.717, 1.165) is 5.92 Å². The molecule has 0 aromatic rings. The molecule has 8 heavy (non-hydrogen) atoms. The quantitative estimate of drug-likeness (QED) is 0.562. The molecule has 2 aliphatic heterocycles. The molecule has 2 saturated heterocycles. The highest BCUT2D eigenvalue weighted by Crippen LogP contribution is 2.26. The normalized spacial score (nSPS) is 42.0. The molecule has 0 unspecified atom stereocenters. The fraction of sp³-hybridized carbons (Fsp3) is 1.00. The second kappa shape index (κ2) is 2.52. The molecular formula is C6H12IN.